The number of rotatable bonds is 46. The molecule has 0 aliphatic rings. The van der Waals surface area contributed by atoms with Crippen molar-refractivity contribution < 1.29 is 33.6 Å². The van der Waals surface area contributed by atoms with Gasteiger partial charge in [-0.2, -0.15) is 0 Å². The third-order valence-corrected chi connectivity index (χ3v) is 10.4. The van der Waals surface area contributed by atoms with Crippen LogP contribution in [0.4, 0.5) is 0 Å². The van der Waals surface area contributed by atoms with Crippen molar-refractivity contribution in [2.45, 2.75) is 226 Å². The summed E-state index contributed by atoms with van der Waals surface area (Å²) in [6, 6.07) is 0. The SMILES string of the molecule is CCCCC/C=C\CCOC(CCCCC(=O)OCCCCCCN(CCO)CCCCCCCC(=O)OCCCCCCCCC)OCC/C=C\CCCCC. The van der Waals surface area contributed by atoms with Gasteiger partial charge in [0, 0.05) is 19.4 Å². The van der Waals surface area contributed by atoms with Crippen LogP contribution in [-0.2, 0) is 28.5 Å². The first-order chi connectivity index (χ1) is 28.1. The van der Waals surface area contributed by atoms with E-state index >= 15 is 0 Å². The van der Waals surface area contributed by atoms with Crippen LogP contribution in [0.3, 0.4) is 0 Å². The zero-order chi connectivity index (χ0) is 41.5. The maximum atomic E-state index is 12.4. The highest BCUT2D eigenvalue weighted by molar-refractivity contribution is 5.69. The minimum Gasteiger partial charge on any atom is -0.466 e. The lowest BCUT2D eigenvalue weighted by molar-refractivity contribution is -0.147. The summed E-state index contributed by atoms with van der Waals surface area (Å²) in [6.45, 7) is 12.0. The second-order valence-electron chi connectivity index (χ2n) is 16.0. The Hall–Kier alpha value is -1.74. The average molecular weight is 808 g/mol. The van der Waals surface area contributed by atoms with Crippen LogP contribution >= 0.6 is 0 Å². The number of nitrogens with zero attached hydrogens (tertiary/aromatic N) is 1. The number of unbranched alkanes of at least 4 members (excludes halogenated alkanes) is 20. The Morgan fingerprint density at radius 3 is 1.35 bits per heavy atom. The molecule has 0 heterocycles. The van der Waals surface area contributed by atoms with Crippen LogP contribution in [0, 0.1) is 0 Å². The van der Waals surface area contributed by atoms with Gasteiger partial charge in [0.05, 0.1) is 33.0 Å². The van der Waals surface area contributed by atoms with Crippen molar-refractivity contribution in [2.24, 2.45) is 0 Å². The third-order valence-electron chi connectivity index (χ3n) is 10.4. The molecule has 0 aromatic heterocycles. The van der Waals surface area contributed by atoms with Gasteiger partial charge in [0.25, 0.3) is 0 Å². The van der Waals surface area contributed by atoms with Gasteiger partial charge in [0.1, 0.15) is 0 Å². The molecule has 336 valence electrons. The first-order valence-corrected chi connectivity index (χ1v) is 24.2. The first-order valence-electron chi connectivity index (χ1n) is 24.2. The summed E-state index contributed by atoms with van der Waals surface area (Å²) in [5.41, 5.74) is 0. The minimum atomic E-state index is -0.228. The number of hydrogen-bond acceptors (Lipinski definition) is 8. The predicted molar refractivity (Wildman–Crippen MR) is 240 cm³/mol. The number of aliphatic hydroxyl groups excluding tert-OH is 1. The fourth-order valence-corrected chi connectivity index (χ4v) is 6.80. The number of aliphatic hydroxyl groups is 1. The molecule has 0 atom stereocenters. The molecule has 0 aromatic rings. The molecule has 0 radical (unpaired) electrons. The molecule has 0 saturated heterocycles. The van der Waals surface area contributed by atoms with Gasteiger partial charge in [-0.1, -0.05) is 141 Å². The molecule has 8 nitrogen and oxygen atoms in total. The smallest absolute Gasteiger partial charge is 0.305 e. The van der Waals surface area contributed by atoms with Crippen molar-refractivity contribution in [1.82, 2.24) is 4.90 Å². The van der Waals surface area contributed by atoms with E-state index in [0.29, 0.717) is 45.8 Å². The summed E-state index contributed by atoms with van der Waals surface area (Å²) in [7, 11) is 0. The van der Waals surface area contributed by atoms with Crippen molar-refractivity contribution in [2.75, 3.05) is 52.7 Å². The second-order valence-corrected chi connectivity index (χ2v) is 16.0. The van der Waals surface area contributed by atoms with E-state index in [4.69, 9.17) is 18.9 Å². The van der Waals surface area contributed by atoms with E-state index in [1.165, 1.54) is 70.6 Å². The van der Waals surface area contributed by atoms with Crippen LogP contribution in [0.5, 0.6) is 0 Å². The van der Waals surface area contributed by atoms with E-state index in [1.807, 2.05) is 0 Å². The molecule has 0 unspecified atom stereocenters. The lowest BCUT2D eigenvalue weighted by atomic mass is 10.1. The number of ether oxygens (including phenoxy) is 4. The van der Waals surface area contributed by atoms with Gasteiger partial charge in [-0.05, 0) is 103 Å². The summed E-state index contributed by atoms with van der Waals surface area (Å²) in [4.78, 5) is 26.7. The molecule has 1 N–H and O–H groups in total. The highest BCUT2D eigenvalue weighted by atomic mass is 16.7. The minimum absolute atomic E-state index is 0.0423. The average Bonchev–Trinajstić information content (AvgIpc) is 3.21. The summed E-state index contributed by atoms with van der Waals surface area (Å²) in [5.74, 6) is -0.151. The fourth-order valence-electron chi connectivity index (χ4n) is 6.80. The lowest BCUT2D eigenvalue weighted by Crippen LogP contribution is -2.29. The number of allylic oxidation sites excluding steroid dienone is 2. The van der Waals surface area contributed by atoms with Gasteiger partial charge in [-0.15, -0.1) is 0 Å². The Balaban J connectivity index is 3.99. The van der Waals surface area contributed by atoms with Gasteiger partial charge in [-0.3, -0.25) is 9.59 Å². The fraction of sp³-hybridized carbons (Fsp3) is 0.878. The summed E-state index contributed by atoms with van der Waals surface area (Å²) in [6.07, 6.45) is 42.0. The topological polar surface area (TPSA) is 94.5 Å². The molecule has 0 aromatic carbocycles. The Morgan fingerprint density at radius 1 is 0.456 bits per heavy atom. The van der Waals surface area contributed by atoms with Crippen LogP contribution in [-0.4, -0.2) is 80.9 Å². The van der Waals surface area contributed by atoms with E-state index in [1.54, 1.807) is 0 Å². The summed E-state index contributed by atoms with van der Waals surface area (Å²) < 4.78 is 23.1. The number of esters is 2. The standard InChI is InChI=1S/C49H93NO7/c1-4-7-10-13-16-23-32-43-54-47(52)36-27-20-19-21-30-39-50(41-42-51)40-31-22-26-33-44-55-48(53)37-28-29-38-49(56-45-34-24-17-14-11-8-5-2)57-46-35-25-18-15-12-9-6-3/h17-18,24-25,49,51H,4-16,19-23,26-46H2,1-3H3/b24-17-,25-18-. The highest BCUT2D eigenvalue weighted by Crippen LogP contribution is 2.13. The molecule has 8 heteroatoms. The highest BCUT2D eigenvalue weighted by Gasteiger charge is 2.11. The quantitative estimate of drug-likeness (QED) is 0.0281. The van der Waals surface area contributed by atoms with Crippen molar-refractivity contribution >= 4 is 11.9 Å². The maximum absolute atomic E-state index is 12.4. The third kappa shape index (κ3) is 43.7. The van der Waals surface area contributed by atoms with E-state index < -0.39 is 0 Å². The van der Waals surface area contributed by atoms with Gasteiger partial charge in [0.2, 0.25) is 0 Å². The summed E-state index contributed by atoms with van der Waals surface area (Å²) in [5, 5.41) is 9.54. The zero-order valence-electron chi connectivity index (χ0n) is 37.8. The molecule has 57 heavy (non-hydrogen) atoms. The lowest BCUT2D eigenvalue weighted by Gasteiger charge is -2.21. The Labute approximate surface area is 352 Å². The summed E-state index contributed by atoms with van der Waals surface area (Å²) >= 11 is 0. The second kappa shape index (κ2) is 46.9. The number of carbonyl (C=O) groups excluding carboxylic acids is 2. The van der Waals surface area contributed by atoms with Crippen LogP contribution in [0.1, 0.15) is 220 Å². The number of carbonyl (C=O) groups is 2. The molecule has 0 rings (SSSR count). The molecule has 0 bridgehead atoms. The first kappa shape index (κ1) is 55.3. The van der Waals surface area contributed by atoms with Gasteiger partial charge in [-0.25, -0.2) is 0 Å². The normalized spacial score (nSPS) is 11.9. The molecule has 0 aliphatic carbocycles. The van der Waals surface area contributed by atoms with Crippen molar-refractivity contribution in [3.05, 3.63) is 24.3 Å². The van der Waals surface area contributed by atoms with Crippen LogP contribution in [0.2, 0.25) is 0 Å². The van der Waals surface area contributed by atoms with Gasteiger partial charge in [0.15, 0.2) is 6.29 Å². The Morgan fingerprint density at radius 2 is 0.860 bits per heavy atom. The van der Waals surface area contributed by atoms with Gasteiger partial charge >= 0.3 is 11.9 Å². The van der Waals surface area contributed by atoms with Crippen molar-refractivity contribution in [3.63, 3.8) is 0 Å². The largest absolute Gasteiger partial charge is 0.466 e. The molecule has 0 fully saturated rings. The molecular formula is C49H93NO7. The molecule has 0 saturated carbocycles. The Kier molecular flexibility index (Phi) is 45.5. The molecule has 0 aliphatic heterocycles. The molecule has 0 amide bonds. The van der Waals surface area contributed by atoms with E-state index in [0.717, 1.165) is 129 Å². The van der Waals surface area contributed by atoms with E-state index in [9.17, 15) is 14.7 Å². The molecular weight excluding hydrogens is 715 g/mol. The van der Waals surface area contributed by atoms with E-state index in [-0.39, 0.29) is 24.8 Å². The number of hydrogen-bond donors (Lipinski definition) is 1. The zero-order valence-corrected chi connectivity index (χ0v) is 37.8. The van der Waals surface area contributed by atoms with Crippen LogP contribution < -0.4 is 0 Å². The predicted octanol–water partition coefficient (Wildman–Crippen LogP) is 13.0. The monoisotopic (exact) mass is 808 g/mol. The van der Waals surface area contributed by atoms with Crippen LogP contribution in [0.15, 0.2) is 24.3 Å². The maximum Gasteiger partial charge on any atom is 0.305 e. The van der Waals surface area contributed by atoms with E-state index in [2.05, 4.69) is 50.0 Å². The van der Waals surface area contributed by atoms with Crippen molar-refractivity contribution in [3.8, 4) is 0 Å². The van der Waals surface area contributed by atoms with Gasteiger partial charge < -0.3 is 29.0 Å². The molecule has 0 spiro atoms. The van der Waals surface area contributed by atoms with Crippen LogP contribution in [0.25, 0.3) is 0 Å². The van der Waals surface area contributed by atoms with Crippen molar-refractivity contribution in [1.29, 1.82) is 0 Å². The Bertz CT molecular complexity index is 869.